The summed E-state index contributed by atoms with van der Waals surface area (Å²) in [5.74, 6) is -0.0411. The normalized spacial score (nSPS) is 15.1. The molecule has 3 aromatic rings. The number of nitrogens with one attached hydrogen (secondary N) is 2. The summed E-state index contributed by atoms with van der Waals surface area (Å²) in [5, 5.41) is 7.10. The van der Waals surface area contributed by atoms with Crippen LogP contribution in [0, 0.1) is 0 Å². The summed E-state index contributed by atoms with van der Waals surface area (Å²) in [6, 6.07) is 5.65. The lowest BCUT2D eigenvalue weighted by Gasteiger charge is -2.19. The van der Waals surface area contributed by atoms with Gasteiger partial charge >= 0.3 is 6.18 Å². The fourth-order valence-corrected chi connectivity index (χ4v) is 3.33. The van der Waals surface area contributed by atoms with Crippen molar-refractivity contribution in [2.45, 2.75) is 19.1 Å². The van der Waals surface area contributed by atoms with Gasteiger partial charge in [0.25, 0.3) is 5.91 Å². The number of ether oxygens (including phenoxy) is 1. The van der Waals surface area contributed by atoms with Gasteiger partial charge in [-0.25, -0.2) is 0 Å². The van der Waals surface area contributed by atoms with Crippen molar-refractivity contribution >= 4 is 28.4 Å². The summed E-state index contributed by atoms with van der Waals surface area (Å²) in [6.07, 6.45) is -2.55. The average Bonchev–Trinajstić information content (AvgIpc) is 2.89. The Labute approximate surface area is 173 Å². The van der Waals surface area contributed by atoms with E-state index in [4.69, 9.17) is 4.74 Å². The molecular formula is C19H19F3N6O3. The molecule has 0 atom stereocenters. The van der Waals surface area contributed by atoms with Crippen molar-refractivity contribution in [1.29, 1.82) is 0 Å². The van der Waals surface area contributed by atoms with Gasteiger partial charge in [-0.2, -0.15) is 18.3 Å². The van der Waals surface area contributed by atoms with Gasteiger partial charge in [0.05, 0.1) is 17.5 Å². The van der Waals surface area contributed by atoms with Gasteiger partial charge in [-0.3, -0.25) is 19.3 Å². The van der Waals surface area contributed by atoms with Crippen molar-refractivity contribution in [2.24, 2.45) is 0 Å². The van der Waals surface area contributed by atoms with Crippen LogP contribution in [-0.2, 0) is 11.3 Å². The highest BCUT2D eigenvalue weighted by Gasteiger charge is 2.30. The van der Waals surface area contributed by atoms with E-state index in [9.17, 15) is 22.8 Å². The molecule has 0 aliphatic carbocycles. The van der Waals surface area contributed by atoms with Crippen LogP contribution >= 0.6 is 0 Å². The Morgan fingerprint density at radius 2 is 2.10 bits per heavy atom. The molecule has 0 bridgehead atoms. The first kappa shape index (κ1) is 20.8. The molecular weight excluding hydrogens is 417 g/mol. The summed E-state index contributed by atoms with van der Waals surface area (Å²) in [5.41, 5.74) is -0.253. The molecule has 1 fully saturated rings. The van der Waals surface area contributed by atoms with Crippen molar-refractivity contribution in [2.75, 3.05) is 31.6 Å². The van der Waals surface area contributed by atoms with Gasteiger partial charge in [-0.15, -0.1) is 0 Å². The Morgan fingerprint density at radius 1 is 1.26 bits per heavy atom. The van der Waals surface area contributed by atoms with E-state index in [2.05, 4.69) is 20.4 Å². The van der Waals surface area contributed by atoms with Gasteiger partial charge in [0.15, 0.2) is 5.82 Å². The van der Waals surface area contributed by atoms with Gasteiger partial charge in [0, 0.05) is 32.0 Å². The number of carbonyl (C=O) groups excluding carboxylic acids is 1. The lowest BCUT2D eigenvalue weighted by Crippen LogP contribution is -2.33. The second-order valence-corrected chi connectivity index (χ2v) is 7.02. The maximum atomic E-state index is 13.1. The van der Waals surface area contributed by atoms with Crippen LogP contribution in [0.2, 0.25) is 0 Å². The van der Waals surface area contributed by atoms with E-state index in [1.807, 2.05) is 0 Å². The minimum absolute atomic E-state index is 0.0254. The third-order valence-electron chi connectivity index (χ3n) is 4.72. The molecule has 12 heteroatoms. The molecule has 0 saturated carbocycles. The number of fused-ring (bicyclic) bond motifs is 1. The molecule has 1 aliphatic heterocycles. The molecule has 1 aliphatic rings. The van der Waals surface area contributed by atoms with Crippen LogP contribution in [0.3, 0.4) is 0 Å². The molecule has 0 unspecified atom stereocenters. The summed E-state index contributed by atoms with van der Waals surface area (Å²) in [7, 11) is 0. The van der Waals surface area contributed by atoms with Crippen molar-refractivity contribution in [3.8, 4) is 0 Å². The Balaban J connectivity index is 1.72. The highest BCUT2D eigenvalue weighted by molar-refractivity contribution is 5.98. The third kappa shape index (κ3) is 4.85. The van der Waals surface area contributed by atoms with Crippen LogP contribution in [0.25, 0.3) is 10.9 Å². The number of amides is 1. The largest absolute Gasteiger partial charge is 0.408 e. The van der Waals surface area contributed by atoms with Crippen LogP contribution in [0.15, 0.2) is 35.3 Å². The third-order valence-corrected chi connectivity index (χ3v) is 4.72. The monoisotopic (exact) mass is 436 g/mol. The van der Waals surface area contributed by atoms with Crippen LogP contribution < -0.4 is 10.9 Å². The molecule has 9 nitrogen and oxygen atoms in total. The number of hydrogen-bond donors (Lipinski definition) is 2. The average molecular weight is 436 g/mol. The highest BCUT2D eigenvalue weighted by atomic mass is 19.4. The first-order chi connectivity index (χ1) is 14.8. The summed E-state index contributed by atoms with van der Waals surface area (Å²) < 4.78 is 45.5. The Bertz CT molecular complexity index is 1150. The number of halogens is 3. The van der Waals surface area contributed by atoms with Crippen LogP contribution in [-0.4, -0.2) is 63.0 Å². The van der Waals surface area contributed by atoms with Crippen LogP contribution in [0.5, 0.6) is 0 Å². The van der Waals surface area contributed by atoms with E-state index in [0.717, 1.165) is 4.68 Å². The van der Waals surface area contributed by atoms with Gasteiger partial charge in [0.2, 0.25) is 5.56 Å². The second-order valence-electron chi connectivity index (χ2n) is 7.02. The number of rotatable bonds is 4. The summed E-state index contributed by atoms with van der Waals surface area (Å²) in [6.45, 7) is 0.462. The quantitative estimate of drug-likeness (QED) is 0.650. The molecule has 31 heavy (non-hydrogen) atoms. The number of alkyl halides is 3. The number of anilines is 2. The van der Waals surface area contributed by atoms with Crippen molar-refractivity contribution in [3.63, 3.8) is 0 Å². The SMILES string of the molecule is O=C(c1cc2c(cn1)c(Nc1cccc(=O)[nH]1)nn2CC(F)(F)F)N1CCCOCC1. The first-order valence-electron chi connectivity index (χ1n) is 9.57. The molecule has 1 amide bonds. The molecule has 4 heterocycles. The Hall–Kier alpha value is -3.41. The van der Waals surface area contributed by atoms with Crippen molar-refractivity contribution < 1.29 is 22.7 Å². The lowest BCUT2D eigenvalue weighted by molar-refractivity contribution is -0.141. The van der Waals surface area contributed by atoms with Crippen molar-refractivity contribution in [3.05, 3.63) is 46.5 Å². The van der Waals surface area contributed by atoms with E-state index >= 15 is 0 Å². The zero-order valence-electron chi connectivity index (χ0n) is 16.3. The summed E-state index contributed by atoms with van der Waals surface area (Å²) >= 11 is 0. The molecule has 1 saturated heterocycles. The molecule has 3 aromatic heterocycles. The topological polar surface area (TPSA) is 105 Å². The summed E-state index contributed by atoms with van der Waals surface area (Å²) in [4.78, 5) is 32.6. The van der Waals surface area contributed by atoms with E-state index in [1.165, 1.54) is 24.4 Å². The number of hydrogen-bond acceptors (Lipinski definition) is 6. The zero-order chi connectivity index (χ0) is 22.0. The number of aromatic amines is 1. The second kappa shape index (κ2) is 8.38. The van der Waals surface area contributed by atoms with Gasteiger partial charge in [-0.1, -0.05) is 6.07 Å². The zero-order valence-corrected chi connectivity index (χ0v) is 16.3. The van der Waals surface area contributed by atoms with E-state index in [0.29, 0.717) is 32.7 Å². The Kier molecular flexibility index (Phi) is 5.63. The number of nitrogens with zero attached hydrogens (tertiary/aromatic N) is 4. The number of pyridine rings is 2. The number of aromatic nitrogens is 4. The minimum atomic E-state index is -4.52. The van der Waals surface area contributed by atoms with E-state index in [-0.39, 0.29) is 39.7 Å². The molecule has 2 N–H and O–H groups in total. The standard InChI is InChI=1S/C19H19F3N6O3/c20-19(21,22)11-28-14-9-13(18(30)27-5-2-7-31-8-6-27)23-10-12(14)17(26-28)25-15-3-1-4-16(29)24-15/h1,3-4,9-10H,2,5-8,11H2,(H2,24,25,26,29). The maximum Gasteiger partial charge on any atom is 0.408 e. The van der Waals surface area contributed by atoms with Crippen LogP contribution in [0.4, 0.5) is 24.8 Å². The van der Waals surface area contributed by atoms with Crippen LogP contribution in [0.1, 0.15) is 16.9 Å². The smallest absolute Gasteiger partial charge is 0.380 e. The molecule has 4 rings (SSSR count). The predicted octanol–water partition coefficient (Wildman–Crippen LogP) is 2.29. The number of H-pyrrole nitrogens is 1. The molecule has 0 radical (unpaired) electrons. The molecule has 0 aromatic carbocycles. The fraction of sp³-hybridized carbons (Fsp3) is 0.368. The lowest BCUT2D eigenvalue weighted by atomic mass is 10.2. The van der Waals surface area contributed by atoms with Gasteiger partial charge in [0.1, 0.15) is 18.1 Å². The predicted molar refractivity (Wildman–Crippen MR) is 105 cm³/mol. The Morgan fingerprint density at radius 3 is 2.87 bits per heavy atom. The maximum absolute atomic E-state index is 13.1. The van der Waals surface area contributed by atoms with E-state index in [1.54, 1.807) is 11.0 Å². The van der Waals surface area contributed by atoms with Crippen molar-refractivity contribution in [1.82, 2.24) is 24.6 Å². The van der Waals surface area contributed by atoms with Gasteiger partial charge < -0.3 is 19.9 Å². The molecule has 164 valence electrons. The number of carbonyl (C=O) groups is 1. The first-order valence-corrected chi connectivity index (χ1v) is 9.57. The minimum Gasteiger partial charge on any atom is -0.380 e. The van der Waals surface area contributed by atoms with Gasteiger partial charge in [-0.05, 0) is 18.6 Å². The highest BCUT2D eigenvalue weighted by Crippen LogP contribution is 2.28. The molecule has 0 spiro atoms. The van der Waals surface area contributed by atoms with E-state index < -0.39 is 12.7 Å². The fourth-order valence-electron chi connectivity index (χ4n) is 3.33.